The highest BCUT2D eigenvalue weighted by Crippen LogP contribution is 2.26. The Labute approximate surface area is 134 Å². The summed E-state index contributed by atoms with van der Waals surface area (Å²) in [6, 6.07) is 3.54. The van der Waals surface area contributed by atoms with E-state index in [1.807, 2.05) is 0 Å². The van der Waals surface area contributed by atoms with Crippen molar-refractivity contribution < 1.29 is 24.2 Å². The Hall–Kier alpha value is -1.60. The number of esters is 1. The lowest BCUT2D eigenvalue weighted by atomic mass is 10.1. The van der Waals surface area contributed by atoms with Crippen LogP contribution in [-0.4, -0.2) is 36.1 Å². The van der Waals surface area contributed by atoms with Crippen LogP contribution in [-0.2, 0) is 14.3 Å². The van der Waals surface area contributed by atoms with Gasteiger partial charge in [-0.25, -0.2) is 4.79 Å². The van der Waals surface area contributed by atoms with Gasteiger partial charge < -0.3 is 15.2 Å². The zero-order valence-corrected chi connectivity index (χ0v) is 13.4. The fourth-order valence-corrected chi connectivity index (χ4v) is 2.11. The normalized spacial score (nSPS) is 11.6. The van der Waals surface area contributed by atoms with Crippen LogP contribution in [0.5, 0.6) is 0 Å². The van der Waals surface area contributed by atoms with Gasteiger partial charge in [0.15, 0.2) is 0 Å². The van der Waals surface area contributed by atoms with Crippen LogP contribution in [0.1, 0.15) is 23.2 Å². The van der Waals surface area contributed by atoms with Crippen molar-refractivity contribution in [3.8, 4) is 0 Å². The van der Waals surface area contributed by atoms with E-state index < -0.39 is 23.9 Å². The van der Waals surface area contributed by atoms with Crippen molar-refractivity contribution in [3.05, 3.63) is 33.3 Å². The van der Waals surface area contributed by atoms with Crippen molar-refractivity contribution in [1.82, 2.24) is 5.32 Å². The molecule has 1 aromatic carbocycles. The summed E-state index contributed by atoms with van der Waals surface area (Å²) in [5, 5.41) is 11.6. The van der Waals surface area contributed by atoms with Crippen molar-refractivity contribution in [2.24, 2.45) is 0 Å². The number of rotatable bonds is 6. The molecule has 8 heteroatoms. The second kappa shape index (κ2) is 7.99. The van der Waals surface area contributed by atoms with Gasteiger partial charge in [0.1, 0.15) is 6.04 Å². The Morgan fingerprint density at radius 2 is 2.10 bits per heavy atom. The minimum atomic E-state index is -1.24. The van der Waals surface area contributed by atoms with Crippen molar-refractivity contribution >= 4 is 45.4 Å². The van der Waals surface area contributed by atoms with Crippen LogP contribution in [0.2, 0.25) is 5.02 Å². The monoisotopic (exact) mass is 377 g/mol. The molecule has 0 spiro atoms. The summed E-state index contributed by atoms with van der Waals surface area (Å²) in [4.78, 5) is 34.2. The number of ether oxygens (including phenoxy) is 1. The molecule has 21 heavy (non-hydrogen) atoms. The second-order valence-corrected chi connectivity index (χ2v) is 5.31. The van der Waals surface area contributed by atoms with E-state index in [2.05, 4.69) is 26.0 Å². The quantitative estimate of drug-likeness (QED) is 0.741. The number of halogens is 2. The molecule has 0 radical (unpaired) electrons. The van der Waals surface area contributed by atoms with Crippen LogP contribution in [0.25, 0.3) is 0 Å². The highest BCUT2D eigenvalue weighted by atomic mass is 79.9. The molecule has 0 saturated carbocycles. The molecule has 2 N–H and O–H groups in total. The summed E-state index contributed by atoms with van der Waals surface area (Å²) >= 11 is 9.15. The first-order valence-corrected chi connectivity index (χ1v) is 7.08. The fraction of sp³-hybridized carbons (Fsp3) is 0.308. The molecule has 0 saturated heterocycles. The van der Waals surface area contributed by atoms with Crippen molar-refractivity contribution in [2.75, 3.05) is 7.11 Å². The Morgan fingerprint density at radius 1 is 1.43 bits per heavy atom. The summed E-state index contributed by atoms with van der Waals surface area (Å²) in [5.74, 6) is -2.41. The molecule has 0 aliphatic carbocycles. The lowest BCUT2D eigenvalue weighted by molar-refractivity contribution is -0.142. The molecule has 0 aliphatic rings. The first kappa shape index (κ1) is 17.5. The van der Waals surface area contributed by atoms with Gasteiger partial charge in [-0.2, -0.15) is 0 Å². The number of amides is 1. The topological polar surface area (TPSA) is 92.7 Å². The average molecular weight is 379 g/mol. The molecule has 114 valence electrons. The molecule has 6 nitrogen and oxygen atoms in total. The van der Waals surface area contributed by atoms with E-state index >= 15 is 0 Å². The molecular formula is C13H13BrClNO5. The summed E-state index contributed by atoms with van der Waals surface area (Å²) in [7, 11) is 1.21. The number of carbonyl (C=O) groups excluding carboxylic acids is 2. The first-order valence-electron chi connectivity index (χ1n) is 5.91. The van der Waals surface area contributed by atoms with Crippen LogP contribution >= 0.6 is 27.5 Å². The lowest BCUT2D eigenvalue weighted by Crippen LogP contribution is -2.41. The molecule has 0 heterocycles. The number of hydrogen-bond acceptors (Lipinski definition) is 4. The third kappa shape index (κ3) is 5.02. The van der Waals surface area contributed by atoms with Gasteiger partial charge in [-0.15, -0.1) is 0 Å². The molecule has 0 fully saturated rings. The lowest BCUT2D eigenvalue weighted by Gasteiger charge is -2.14. The molecule has 1 aromatic rings. The van der Waals surface area contributed by atoms with E-state index in [9.17, 15) is 14.4 Å². The molecule has 0 bridgehead atoms. The average Bonchev–Trinajstić information content (AvgIpc) is 2.45. The highest BCUT2D eigenvalue weighted by molar-refractivity contribution is 9.10. The molecular weight excluding hydrogens is 366 g/mol. The van der Waals surface area contributed by atoms with Crippen LogP contribution in [0, 0.1) is 0 Å². The molecule has 1 amide bonds. The SMILES string of the molecule is COC(=O)CCC(NC(=O)c1cccc(Br)c1Cl)C(=O)O. The van der Waals surface area contributed by atoms with E-state index in [1.165, 1.54) is 13.2 Å². The predicted molar refractivity (Wildman–Crippen MR) is 79.3 cm³/mol. The van der Waals surface area contributed by atoms with Crippen molar-refractivity contribution in [2.45, 2.75) is 18.9 Å². The minimum Gasteiger partial charge on any atom is -0.480 e. The van der Waals surface area contributed by atoms with E-state index in [1.54, 1.807) is 12.1 Å². The van der Waals surface area contributed by atoms with Gasteiger partial charge >= 0.3 is 11.9 Å². The molecule has 1 rings (SSSR count). The number of carboxylic acid groups (broad SMARTS) is 1. The standard InChI is InChI=1S/C13H13BrClNO5/c1-21-10(17)6-5-9(13(19)20)16-12(18)7-3-2-4-8(14)11(7)15/h2-4,9H,5-6H2,1H3,(H,16,18)(H,19,20). The minimum absolute atomic E-state index is 0.0701. The Bertz CT molecular complexity index is 563. The third-order valence-corrected chi connectivity index (χ3v) is 3.96. The first-order chi connectivity index (χ1) is 9.86. The fourth-order valence-electron chi connectivity index (χ4n) is 1.54. The number of carbonyl (C=O) groups is 3. The Kier molecular flexibility index (Phi) is 6.64. The number of aliphatic carboxylic acids is 1. The molecule has 0 aromatic heterocycles. The maximum Gasteiger partial charge on any atom is 0.326 e. The largest absolute Gasteiger partial charge is 0.480 e. The smallest absolute Gasteiger partial charge is 0.326 e. The Balaban J connectivity index is 2.79. The van der Waals surface area contributed by atoms with Gasteiger partial charge in [0.25, 0.3) is 5.91 Å². The molecule has 1 unspecified atom stereocenters. The van der Waals surface area contributed by atoms with Gasteiger partial charge in [0, 0.05) is 10.9 Å². The zero-order chi connectivity index (χ0) is 16.0. The maximum absolute atomic E-state index is 12.1. The zero-order valence-electron chi connectivity index (χ0n) is 11.1. The highest BCUT2D eigenvalue weighted by Gasteiger charge is 2.23. The van der Waals surface area contributed by atoms with Gasteiger partial charge in [0.05, 0.1) is 17.7 Å². The number of nitrogens with one attached hydrogen (secondary N) is 1. The summed E-state index contributed by atoms with van der Waals surface area (Å²) < 4.78 is 4.96. The Morgan fingerprint density at radius 3 is 2.67 bits per heavy atom. The van der Waals surface area contributed by atoms with Crippen molar-refractivity contribution in [3.63, 3.8) is 0 Å². The van der Waals surface area contributed by atoms with Crippen LogP contribution in [0.15, 0.2) is 22.7 Å². The van der Waals surface area contributed by atoms with Crippen molar-refractivity contribution in [1.29, 1.82) is 0 Å². The van der Waals surface area contributed by atoms with E-state index in [-0.39, 0.29) is 23.4 Å². The third-order valence-electron chi connectivity index (χ3n) is 2.66. The molecule has 0 aliphatic heterocycles. The van der Waals surface area contributed by atoms with Gasteiger partial charge in [-0.1, -0.05) is 17.7 Å². The predicted octanol–water partition coefficient (Wildman–Crippen LogP) is 2.24. The van der Waals surface area contributed by atoms with Gasteiger partial charge in [-0.3, -0.25) is 9.59 Å². The number of carboxylic acids is 1. The second-order valence-electron chi connectivity index (χ2n) is 4.08. The number of hydrogen-bond donors (Lipinski definition) is 2. The molecule has 1 atom stereocenters. The van der Waals surface area contributed by atoms with Gasteiger partial charge in [-0.05, 0) is 34.5 Å². The van der Waals surface area contributed by atoms with E-state index in [0.717, 1.165) is 0 Å². The van der Waals surface area contributed by atoms with Crippen LogP contribution < -0.4 is 5.32 Å². The summed E-state index contributed by atoms with van der Waals surface area (Å²) in [6.07, 6.45) is -0.181. The van der Waals surface area contributed by atoms with E-state index in [0.29, 0.717) is 4.47 Å². The summed E-state index contributed by atoms with van der Waals surface area (Å²) in [6.45, 7) is 0. The van der Waals surface area contributed by atoms with E-state index in [4.69, 9.17) is 16.7 Å². The number of benzene rings is 1. The van der Waals surface area contributed by atoms with Crippen LogP contribution in [0.4, 0.5) is 0 Å². The van der Waals surface area contributed by atoms with Crippen LogP contribution in [0.3, 0.4) is 0 Å². The van der Waals surface area contributed by atoms with Gasteiger partial charge in [0.2, 0.25) is 0 Å². The number of methoxy groups -OCH3 is 1. The maximum atomic E-state index is 12.1. The summed E-state index contributed by atoms with van der Waals surface area (Å²) in [5.41, 5.74) is 0.148.